The average molecular weight is 292 g/mol. The molecule has 0 bridgehead atoms. The molecule has 1 heterocycles. The van der Waals surface area contributed by atoms with Gasteiger partial charge >= 0.3 is 5.97 Å². The Labute approximate surface area is 122 Å². The number of rotatable bonds is 4. The molecule has 1 atom stereocenters. The SMILES string of the molecule is COC(=O)C(C)c1ccnc(Oc2ccc(Cl)cc2)c1. The molecule has 0 fully saturated rings. The van der Waals surface area contributed by atoms with Gasteiger partial charge in [0.2, 0.25) is 5.88 Å². The molecule has 1 aromatic heterocycles. The minimum absolute atomic E-state index is 0.298. The molecule has 20 heavy (non-hydrogen) atoms. The number of esters is 1. The number of ether oxygens (including phenoxy) is 2. The summed E-state index contributed by atoms with van der Waals surface area (Å²) in [5.41, 5.74) is 0.788. The van der Waals surface area contributed by atoms with Crippen molar-refractivity contribution < 1.29 is 14.3 Å². The Kier molecular flexibility index (Phi) is 4.58. The monoisotopic (exact) mass is 291 g/mol. The van der Waals surface area contributed by atoms with Gasteiger partial charge in [0.25, 0.3) is 0 Å². The van der Waals surface area contributed by atoms with Crippen LogP contribution in [0.25, 0.3) is 0 Å². The summed E-state index contributed by atoms with van der Waals surface area (Å²) in [5, 5.41) is 0.637. The summed E-state index contributed by atoms with van der Waals surface area (Å²) in [6, 6.07) is 10.4. The molecule has 104 valence electrons. The Morgan fingerprint density at radius 2 is 1.95 bits per heavy atom. The van der Waals surface area contributed by atoms with Gasteiger partial charge in [0.1, 0.15) is 5.75 Å². The molecule has 4 nitrogen and oxygen atoms in total. The van der Waals surface area contributed by atoms with Gasteiger partial charge in [0.05, 0.1) is 13.0 Å². The summed E-state index contributed by atoms with van der Waals surface area (Å²) < 4.78 is 10.3. The van der Waals surface area contributed by atoms with Crippen molar-refractivity contribution in [3.63, 3.8) is 0 Å². The summed E-state index contributed by atoms with van der Waals surface area (Å²) in [6.45, 7) is 1.77. The zero-order valence-electron chi connectivity index (χ0n) is 11.2. The average Bonchev–Trinajstić information content (AvgIpc) is 2.48. The van der Waals surface area contributed by atoms with Crippen molar-refractivity contribution in [2.75, 3.05) is 7.11 Å². The fourth-order valence-corrected chi connectivity index (χ4v) is 1.81. The molecule has 5 heteroatoms. The highest BCUT2D eigenvalue weighted by molar-refractivity contribution is 6.30. The Morgan fingerprint density at radius 1 is 1.25 bits per heavy atom. The van der Waals surface area contributed by atoms with E-state index in [1.165, 1.54) is 7.11 Å². The standard InChI is InChI=1S/C15H14ClNO3/c1-10(15(18)19-2)11-7-8-17-14(9-11)20-13-5-3-12(16)4-6-13/h3-10H,1-2H3. The van der Waals surface area contributed by atoms with E-state index in [2.05, 4.69) is 4.98 Å². The van der Waals surface area contributed by atoms with Gasteiger partial charge in [0, 0.05) is 17.3 Å². The summed E-state index contributed by atoms with van der Waals surface area (Å²) in [4.78, 5) is 15.6. The van der Waals surface area contributed by atoms with Crippen LogP contribution >= 0.6 is 11.6 Å². The van der Waals surface area contributed by atoms with Crippen molar-refractivity contribution in [3.05, 3.63) is 53.2 Å². The predicted octanol–water partition coefficient (Wildman–Crippen LogP) is 3.80. The van der Waals surface area contributed by atoms with Crippen LogP contribution < -0.4 is 4.74 Å². The second kappa shape index (κ2) is 6.39. The lowest BCUT2D eigenvalue weighted by molar-refractivity contribution is -0.141. The zero-order chi connectivity index (χ0) is 14.5. The van der Waals surface area contributed by atoms with Gasteiger partial charge < -0.3 is 9.47 Å². The smallest absolute Gasteiger partial charge is 0.312 e. The zero-order valence-corrected chi connectivity index (χ0v) is 11.9. The van der Waals surface area contributed by atoms with Gasteiger partial charge in [-0.2, -0.15) is 0 Å². The molecule has 0 spiro atoms. The number of halogens is 1. The van der Waals surface area contributed by atoms with Crippen molar-refractivity contribution in [2.45, 2.75) is 12.8 Å². The Hall–Kier alpha value is -2.07. The van der Waals surface area contributed by atoms with Gasteiger partial charge in [-0.15, -0.1) is 0 Å². The van der Waals surface area contributed by atoms with E-state index in [1.807, 2.05) is 0 Å². The minimum atomic E-state index is -0.365. The van der Waals surface area contributed by atoms with E-state index < -0.39 is 0 Å². The number of benzene rings is 1. The number of aromatic nitrogens is 1. The first kappa shape index (κ1) is 14.3. The van der Waals surface area contributed by atoms with Crippen molar-refractivity contribution in [3.8, 4) is 11.6 Å². The minimum Gasteiger partial charge on any atom is -0.469 e. The third-order valence-electron chi connectivity index (χ3n) is 2.85. The summed E-state index contributed by atoms with van der Waals surface area (Å²) in [5.74, 6) is 0.384. The molecule has 0 N–H and O–H groups in total. The molecule has 0 amide bonds. The van der Waals surface area contributed by atoms with Gasteiger partial charge in [-0.25, -0.2) is 4.98 Å². The van der Waals surface area contributed by atoms with E-state index in [0.717, 1.165) is 5.56 Å². The first-order chi connectivity index (χ1) is 9.60. The summed E-state index contributed by atoms with van der Waals surface area (Å²) in [6.07, 6.45) is 1.60. The predicted molar refractivity (Wildman–Crippen MR) is 76.2 cm³/mol. The molecule has 0 saturated heterocycles. The second-order valence-corrected chi connectivity index (χ2v) is 4.66. The maximum absolute atomic E-state index is 11.5. The molecular formula is C15H14ClNO3. The largest absolute Gasteiger partial charge is 0.469 e. The molecule has 0 aliphatic rings. The topological polar surface area (TPSA) is 48.4 Å². The van der Waals surface area contributed by atoms with E-state index in [9.17, 15) is 4.79 Å². The normalized spacial score (nSPS) is 11.8. The molecule has 1 unspecified atom stereocenters. The maximum Gasteiger partial charge on any atom is 0.312 e. The van der Waals surface area contributed by atoms with E-state index >= 15 is 0 Å². The number of pyridine rings is 1. The number of carbonyl (C=O) groups excluding carboxylic acids is 1. The lowest BCUT2D eigenvalue weighted by atomic mass is 10.0. The first-order valence-electron chi connectivity index (χ1n) is 6.07. The van der Waals surface area contributed by atoms with E-state index in [4.69, 9.17) is 21.1 Å². The van der Waals surface area contributed by atoms with Crippen molar-refractivity contribution in [1.29, 1.82) is 0 Å². The molecular weight excluding hydrogens is 278 g/mol. The van der Waals surface area contributed by atoms with E-state index in [0.29, 0.717) is 16.7 Å². The Balaban J connectivity index is 2.17. The van der Waals surface area contributed by atoms with Crippen molar-refractivity contribution in [2.24, 2.45) is 0 Å². The molecule has 0 radical (unpaired) electrons. The fourth-order valence-electron chi connectivity index (χ4n) is 1.69. The van der Waals surface area contributed by atoms with Crippen LogP contribution in [0.4, 0.5) is 0 Å². The quantitative estimate of drug-likeness (QED) is 0.804. The molecule has 2 rings (SSSR count). The molecule has 1 aromatic carbocycles. The third-order valence-corrected chi connectivity index (χ3v) is 3.10. The van der Waals surface area contributed by atoms with Crippen LogP contribution in [0.15, 0.2) is 42.6 Å². The van der Waals surface area contributed by atoms with Crippen LogP contribution in [0.5, 0.6) is 11.6 Å². The second-order valence-electron chi connectivity index (χ2n) is 4.23. The molecule has 0 aliphatic carbocycles. The molecule has 2 aromatic rings. The van der Waals surface area contributed by atoms with Crippen LogP contribution in [-0.4, -0.2) is 18.1 Å². The maximum atomic E-state index is 11.5. The number of carbonyl (C=O) groups is 1. The third kappa shape index (κ3) is 3.48. The highest BCUT2D eigenvalue weighted by Crippen LogP contribution is 2.24. The van der Waals surface area contributed by atoms with Gasteiger partial charge in [-0.3, -0.25) is 4.79 Å². The number of nitrogens with zero attached hydrogens (tertiary/aromatic N) is 1. The molecule has 0 saturated carbocycles. The highest BCUT2D eigenvalue weighted by Gasteiger charge is 2.16. The van der Waals surface area contributed by atoms with Gasteiger partial charge in [0.15, 0.2) is 0 Å². The van der Waals surface area contributed by atoms with Gasteiger partial charge in [-0.1, -0.05) is 11.6 Å². The summed E-state index contributed by atoms with van der Waals surface area (Å²) >= 11 is 5.81. The lowest BCUT2D eigenvalue weighted by Crippen LogP contribution is -2.10. The van der Waals surface area contributed by atoms with Gasteiger partial charge in [-0.05, 0) is 42.8 Å². The molecule has 0 aliphatic heterocycles. The van der Waals surface area contributed by atoms with E-state index in [1.54, 1.807) is 49.5 Å². The Morgan fingerprint density at radius 3 is 2.60 bits per heavy atom. The van der Waals surface area contributed by atoms with Crippen LogP contribution in [0.3, 0.4) is 0 Å². The van der Waals surface area contributed by atoms with E-state index in [-0.39, 0.29) is 11.9 Å². The van der Waals surface area contributed by atoms with Crippen LogP contribution in [-0.2, 0) is 9.53 Å². The van der Waals surface area contributed by atoms with Crippen LogP contribution in [0.2, 0.25) is 5.02 Å². The number of hydrogen-bond donors (Lipinski definition) is 0. The summed E-state index contributed by atoms with van der Waals surface area (Å²) in [7, 11) is 1.37. The number of methoxy groups -OCH3 is 1. The number of hydrogen-bond acceptors (Lipinski definition) is 4. The Bertz CT molecular complexity index is 598. The first-order valence-corrected chi connectivity index (χ1v) is 6.45. The fraction of sp³-hybridized carbons (Fsp3) is 0.200. The van der Waals surface area contributed by atoms with Crippen molar-refractivity contribution >= 4 is 17.6 Å². The van der Waals surface area contributed by atoms with Crippen LogP contribution in [0.1, 0.15) is 18.4 Å². The lowest BCUT2D eigenvalue weighted by Gasteiger charge is -2.11. The van der Waals surface area contributed by atoms with Crippen molar-refractivity contribution in [1.82, 2.24) is 4.98 Å². The van der Waals surface area contributed by atoms with Crippen LogP contribution in [0, 0.1) is 0 Å². The highest BCUT2D eigenvalue weighted by atomic mass is 35.5.